The van der Waals surface area contributed by atoms with Gasteiger partial charge in [0.2, 0.25) is 0 Å². The summed E-state index contributed by atoms with van der Waals surface area (Å²) >= 11 is 0. The summed E-state index contributed by atoms with van der Waals surface area (Å²) in [7, 11) is 1.99. The summed E-state index contributed by atoms with van der Waals surface area (Å²) in [5, 5.41) is 0. The summed E-state index contributed by atoms with van der Waals surface area (Å²) < 4.78 is 0. The van der Waals surface area contributed by atoms with Crippen molar-refractivity contribution >= 4 is 11.6 Å². The van der Waals surface area contributed by atoms with E-state index < -0.39 is 0 Å². The molecule has 0 fully saturated rings. The van der Waals surface area contributed by atoms with Crippen LogP contribution in [0.15, 0.2) is 42.6 Å². The van der Waals surface area contributed by atoms with Crippen LogP contribution >= 0.6 is 0 Å². The topological polar surface area (TPSA) is 33.2 Å². The molecule has 0 spiro atoms. The van der Waals surface area contributed by atoms with E-state index in [4.69, 9.17) is 0 Å². The fraction of sp³-hybridized carbons (Fsp3) is 0.250. The van der Waals surface area contributed by atoms with E-state index >= 15 is 0 Å². The van der Waals surface area contributed by atoms with Gasteiger partial charge in [-0.1, -0.05) is 30.3 Å². The Bertz CT molecular complexity index is 579. The zero-order chi connectivity index (χ0) is 13.8. The summed E-state index contributed by atoms with van der Waals surface area (Å²) in [4.78, 5) is 18.8. The number of anilines is 1. The Kier molecular flexibility index (Phi) is 3.95. The lowest BCUT2D eigenvalue weighted by atomic mass is 10.0. The maximum atomic E-state index is 12.3. The predicted molar refractivity (Wildman–Crippen MR) is 77.8 cm³/mol. The van der Waals surface area contributed by atoms with Crippen LogP contribution in [0.5, 0.6) is 0 Å². The lowest BCUT2D eigenvalue weighted by molar-refractivity contribution is 0.103. The molecular weight excluding hydrogens is 236 g/mol. The fourth-order valence-corrected chi connectivity index (χ4v) is 2.00. The van der Waals surface area contributed by atoms with Crippen LogP contribution < -0.4 is 4.90 Å². The second-order valence-corrected chi connectivity index (χ2v) is 4.57. The molecule has 0 bridgehead atoms. The maximum Gasteiger partial charge on any atom is 0.194 e. The molecule has 0 unspecified atom stereocenters. The second-order valence-electron chi connectivity index (χ2n) is 4.57. The van der Waals surface area contributed by atoms with Gasteiger partial charge in [-0.2, -0.15) is 0 Å². The zero-order valence-corrected chi connectivity index (χ0v) is 11.6. The minimum absolute atomic E-state index is 0.0156. The van der Waals surface area contributed by atoms with Gasteiger partial charge in [0.15, 0.2) is 5.78 Å². The molecule has 19 heavy (non-hydrogen) atoms. The van der Waals surface area contributed by atoms with Crippen molar-refractivity contribution in [3.63, 3.8) is 0 Å². The van der Waals surface area contributed by atoms with Gasteiger partial charge in [0.25, 0.3) is 0 Å². The van der Waals surface area contributed by atoms with Crippen LogP contribution in [0.2, 0.25) is 0 Å². The molecule has 1 aromatic carbocycles. The molecule has 0 saturated heterocycles. The number of carbonyl (C=O) groups is 1. The minimum Gasteiger partial charge on any atom is -0.360 e. The number of aromatic nitrogens is 1. The standard InChI is InChI=1S/C16H18N2O/c1-4-18(3)16-12(2)10-14(11-17-16)15(19)13-8-6-5-7-9-13/h5-11H,4H2,1-3H3. The van der Waals surface area contributed by atoms with Crippen LogP contribution in [0.25, 0.3) is 0 Å². The number of rotatable bonds is 4. The molecular formula is C16H18N2O. The maximum absolute atomic E-state index is 12.3. The highest BCUT2D eigenvalue weighted by Crippen LogP contribution is 2.18. The van der Waals surface area contributed by atoms with E-state index in [0.717, 1.165) is 17.9 Å². The quantitative estimate of drug-likeness (QED) is 0.786. The van der Waals surface area contributed by atoms with Gasteiger partial charge >= 0.3 is 0 Å². The summed E-state index contributed by atoms with van der Waals surface area (Å²) in [5.41, 5.74) is 2.35. The summed E-state index contributed by atoms with van der Waals surface area (Å²) in [6.45, 7) is 4.94. The van der Waals surface area contributed by atoms with Crippen molar-refractivity contribution in [2.24, 2.45) is 0 Å². The first kappa shape index (κ1) is 13.3. The molecule has 3 nitrogen and oxygen atoms in total. The molecule has 2 rings (SSSR count). The lowest BCUT2D eigenvalue weighted by Crippen LogP contribution is -2.18. The Morgan fingerprint density at radius 2 is 1.89 bits per heavy atom. The Morgan fingerprint density at radius 3 is 2.47 bits per heavy atom. The van der Waals surface area contributed by atoms with Gasteiger partial charge in [0.1, 0.15) is 5.82 Å². The minimum atomic E-state index is 0.0156. The van der Waals surface area contributed by atoms with Crippen molar-refractivity contribution in [3.05, 3.63) is 59.3 Å². The molecule has 0 amide bonds. The first-order valence-electron chi connectivity index (χ1n) is 6.41. The molecule has 1 aromatic heterocycles. The van der Waals surface area contributed by atoms with Crippen LogP contribution in [0.1, 0.15) is 28.4 Å². The third-order valence-electron chi connectivity index (χ3n) is 3.18. The third-order valence-corrected chi connectivity index (χ3v) is 3.18. The van der Waals surface area contributed by atoms with E-state index in [1.165, 1.54) is 0 Å². The Hall–Kier alpha value is -2.16. The monoisotopic (exact) mass is 254 g/mol. The first-order valence-corrected chi connectivity index (χ1v) is 6.41. The molecule has 0 aliphatic carbocycles. The van der Waals surface area contributed by atoms with Crippen LogP contribution in [0.3, 0.4) is 0 Å². The smallest absolute Gasteiger partial charge is 0.194 e. The van der Waals surface area contributed by atoms with Gasteiger partial charge in [-0.15, -0.1) is 0 Å². The number of carbonyl (C=O) groups excluding carboxylic acids is 1. The van der Waals surface area contributed by atoms with Gasteiger partial charge in [0.05, 0.1) is 0 Å². The number of hydrogen-bond donors (Lipinski definition) is 0. The average molecular weight is 254 g/mol. The number of nitrogens with zero attached hydrogens (tertiary/aromatic N) is 2. The first-order chi connectivity index (χ1) is 9.13. The second kappa shape index (κ2) is 5.65. The van der Waals surface area contributed by atoms with Crippen molar-refractivity contribution in [1.29, 1.82) is 0 Å². The summed E-state index contributed by atoms with van der Waals surface area (Å²) in [6.07, 6.45) is 1.66. The van der Waals surface area contributed by atoms with E-state index in [2.05, 4.69) is 16.8 Å². The molecule has 1 heterocycles. The van der Waals surface area contributed by atoms with Gasteiger partial charge in [-0.25, -0.2) is 4.98 Å². The molecule has 0 aliphatic rings. The molecule has 3 heteroatoms. The van der Waals surface area contributed by atoms with Crippen molar-refractivity contribution in [2.45, 2.75) is 13.8 Å². The van der Waals surface area contributed by atoms with Gasteiger partial charge in [-0.3, -0.25) is 4.79 Å². The van der Waals surface area contributed by atoms with Crippen LogP contribution in [-0.2, 0) is 0 Å². The fourth-order valence-electron chi connectivity index (χ4n) is 2.00. The number of benzene rings is 1. The number of aryl methyl sites for hydroxylation is 1. The highest BCUT2D eigenvalue weighted by molar-refractivity contribution is 6.09. The summed E-state index contributed by atoms with van der Waals surface area (Å²) in [5.74, 6) is 0.939. The van der Waals surface area contributed by atoms with Gasteiger partial charge in [-0.05, 0) is 25.5 Å². The number of ketones is 1. The molecule has 98 valence electrons. The summed E-state index contributed by atoms with van der Waals surface area (Å²) in [6, 6.07) is 11.2. The van der Waals surface area contributed by atoms with Crippen molar-refractivity contribution < 1.29 is 4.79 Å². The van der Waals surface area contributed by atoms with Crippen LogP contribution in [-0.4, -0.2) is 24.4 Å². The van der Waals surface area contributed by atoms with Crippen molar-refractivity contribution in [3.8, 4) is 0 Å². The van der Waals surface area contributed by atoms with Gasteiger partial charge in [0, 0.05) is 30.9 Å². The van der Waals surface area contributed by atoms with Crippen molar-refractivity contribution in [2.75, 3.05) is 18.5 Å². The molecule has 0 aliphatic heterocycles. The van der Waals surface area contributed by atoms with Crippen LogP contribution in [0, 0.1) is 6.92 Å². The van der Waals surface area contributed by atoms with E-state index in [-0.39, 0.29) is 5.78 Å². The number of pyridine rings is 1. The molecule has 0 radical (unpaired) electrons. The molecule has 2 aromatic rings. The Labute approximate surface area is 113 Å². The largest absolute Gasteiger partial charge is 0.360 e. The average Bonchev–Trinajstić information content (AvgIpc) is 2.46. The van der Waals surface area contributed by atoms with E-state index in [0.29, 0.717) is 11.1 Å². The van der Waals surface area contributed by atoms with Crippen LogP contribution in [0.4, 0.5) is 5.82 Å². The zero-order valence-electron chi connectivity index (χ0n) is 11.6. The van der Waals surface area contributed by atoms with E-state index in [1.54, 1.807) is 6.20 Å². The third kappa shape index (κ3) is 2.81. The molecule has 0 saturated carbocycles. The molecule has 0 atom stereocenters. The lowest BCUT2D eigenvalue weighted by Gasteiger charge is -2.18. The predicted octanol–water partition coefficient (Wildman–Crippen LogP) is 3.08. The SMILES string of the molecule is CCN(C)c1ncc(C(=O)c2ccccc2)cc1C. The van der Waals surface area contributed by atoms with E-state index in [1.807, 2.05) is 50.4 Å². The molecule has 0 N–H and O–H groups in total. The highest BCUT2D eigenvalue weighted by Gasteiger charge is 2.12. The van der Waals surface area contributed by atoms with E-state index in [9.17, 15) is 4.79 Å². The van der Waals surface area contributed by atoms with Crippen molar-refractivity contribution in [1.82, 2.24) is 4.98 Å². The highest BCUT2D eigenvalue weighted by atomic mass is 16.1. The van der Waals surface area contributed by atoms with Gasteiger partial charge < -0.3 is 4.90 Å². The number of hydrogen-bond acceptors (Lipinski definition) is 3. The normalized spacial score (nSPS) is 10.3. The Balaban J connectivity index is 2.33. The Morgan fingerprint density at radius 1 is 1.21 bits per heavy atom.